The van der Waals surface area contributed by atoms with E-state index in [1.54, 1.807) is 28.8 Å². The van der Waals surface area contributed by atoms with Gasteiger partial charge in [0.1, 0.15) is 0 Å². The molecule has 4 rings (SSSR count). The minimum absolute atomic E-state index is 0.145. The SMILES string of the molecule is C=CCSc1nc2ccccc2n1C(=O)c1ccc2c(c1)OCO2. The quantitative estimate of drug-likeness (QED) is 0.536. The number of fused-ring (bicyclic) bond motifs is 2. The standard InChI is InChI=1S/C18H14N2O3S/c1-2-9-24-18-19-13-5-3-4-6-14(13)20(18)17(21)12-7-8-15-16(10-12)23-11-22-15/h2-8,10H,1,9,11H2. The van der Waals surface area contributed by atoms with Crippen LogP contribution in [0.25, 0.3) is 11.0 Å². The van der Waals surface area contributed by atoms with Crippen LogP contribution < -0.4 is 9.47 Å². The summed E-state index contributed by atoms with van der Waals surface area (Å²) in [7, 11) is 0. The van der Waals surface area contributed by atoms with E-state index in [1.165, 1.54) is 11.8 Å². The summed E-state index contributed by atoms with van der Waals surface area (Å²) in [5.41, 5.74) is 2.10. The van der Waals surface area contributed by atoms with E-state index in [0.29, 0.717) is 28.0 Å². The molecule has 0 radical (unpaired) electrons. The lowest BCUT2D eigenvalue weighted by Crippen LogP contribution is -2.13. The number of nitrogens with zero attached hydrogens (tertiary/aromatic N) is 2. The highest BCUT2D eigenvalue weighted by atomic mass is 32.2. The van der Waals surface area contributed by atoms with Gasteiger partial charge < -0.3 is 9.47 Å². The van der Waals surface area contributed by atoms with Gasteiger partial charge in [-0.3, -0.25) is 9.36 Å². The zero-order chi connectivity index (χ0) is 16.5. The normalized spacial score (nSPS) is 12.5. The molecule has 120 valence electrons. The Morgan fingerprint density at radius 1 is 1.25 bits per heavy atom. The monoisotopic (exact) mass is 338 g/mol. The lowest BCUT2D eigenvalue weighted by atomic mass is 10.2. The van der Waals surface area contributed by atoms with Crippen molar-refractivity contribution in [3.8, 4) is 11.5 Å². The zero-order valence-corrected chi connectivity index (χ0v) is 13.6. The van der Waals surface area contributed by atoms with E-state index in [4.69, 9.17) is 9.47 Å². The van der Waals surface area contributed by atoms with Crippen molar-refractivity contribution in [3.63, 3.8) is 0 Å². The van der Waals surface area contributed by atoms with Crippen LogP contribution in [0.3, 0.4) is 0 Å². The third kappa shape index (κ3) is 2.45. The summed E-state index contributed by atoms with van der Waals surface area (Å²) in [6.45, 7) is 3.91. The van der Waals surface area contributed by atoms with Crippen LogP contribution in [0.2, 0.25) is 0 Å². The highest BCUT2D eigenvalue weighted by Gasteiger charge is 2.21. The van der Waals surface area contributed by atoms with Gasteiger partial charge in [0.15, 0.2) is 16.7 Å². The molecular weight excluding hydrogens is 324 g/mol. The maximum Gasteiger partial charge on any atom is 0.264 e. The van der Waals surface area contributed by atoms with Gasteiger partial charge in [0.25, 0.3) is 5.91 Å². The number of ether oxygens (including phenoxy) is 2. The molecule has 24 heavy (non-hydrogen) atoms. The van der Waals surface area contributed by atoms with Crippen LogP contribution in [0.15, 0.2) is 60.3 Å². The number of carbonyl (C=O) groups excluding carboxylic acids is 1. The van der Waals surface area contributed by atoms with Gasteiger partial charge in [0, 0.05) is 11.3 Å². The van der Waals surface area contributed by atoms with Crippen molar-refractivity contribution in [1.82, 2.24) is 9.55 Å². The Hall–Kier alpha value is -2.73. The summed E-state index contributed by atoms with van der Waals surface area (Å²) in [6, 6.07) is 12.8. The fourth-order valence-electron chi connectivity index (χ4n) is 2.59. The smallest absolute Gasteiger partial charge is 0.264 e. The van der Waals surface area contributed by atoms with Crippen molar-refractivity contribution < 1.29 is 14.3 Å². The van der Waals surface area contributed by atoms with Gasteiger partial charge >= 0.3 is 0 Å². The maximum atomic E-state index is 13.1. The molecule has 0 aliphatic carbocycles. The van der Waals surface area contributed by atoms with E-state index in [2.05, 4.69) is 11.6 Å². The van der Waals surface area contributed by atoms with E-state index in [0.717, 1.165) is 11.0 Å². The largest absolute Gasteiger partial charge is 0.454 e. The second kappa shape index (κ2) is 6.05. The Morgan fingerprint density at radius 2 is 2.08 bits per heavy atom. The average Bonchev–Trinajstić information content (AvgIpc) is 3.22. The van der Waals surface area contributed by atoms with Gasteiger partial charge in [-0.2, -0.15) is 0 Å². The molecule has 0 N–H and O–H groups in total. The van der Waals surface area contributed by atoms with Crippen LogP contribution in [0, 0.1) is 0 Å². The minimum atomic E-state index is -0.145. The van der Waals surface area contributed by atoms with Crippen molar-refractivity contribution in [1.29, 1.82) is 0 Å². The molecule has 2 aromatic carbocycles. The molecule has 5 nitrogen and oxygen atoms in total. The molecule has 0 spiro atoms. The number of thioether (sulfide) groups is 1. The molecule has 3 aromatic rings. The zero-order valence-electron chi connectivity index (χ0n) is 12.8. The van der Waals surface area contributed by atoms with Gasteiger partial charge in [-0.25, -0.2) is 4.98 Å². The van der Waals surface area contributed by atoms with E-state index in [9.17, 15) is 4.79 Å². The number of imidazole rings is 1. The minimum Gasteiger partial charge on any atom is -0.454 e. The molecule has 6 heteroatoms. The summed E-state index contributed by atoms with van der Waals surface area (Å²) in [4.78, 5) is 17.7. The molecule has 1 aliphatic heterocycles. The fourth-order valence-corrected chi connectivity index (χ4v) is 3.33. The number of para-hydroxylation sites is 2. The third-order valence-electron chi connectivity index (χ3n) is 3.68. The summed E-state index contributed by atoms with van der Waals surface area (Å²) in [5.74, 6) is 1.78. The number of rotatable bonds is 4. The predicted molar refractivity (Wildman–Crippen MR) is 92.9 cm³/mol. The first-order valence-electron chi connectivity index (χ1n) is 7.43. The van der Waals surface area contributed by atoms with Crippen LogP contribution in [0.4, 0.5) is 0 Å². The summed E-state index contributed by atoms with van der Waals surface area (Å²) >= 11 is 1.48. The molecule has 1 aromatic heterocycles. The molecule has 0 unspecified atom stereocenters. The van der Waals surface area contributed by atoms with Crippen molar-refractivity contribution >= 4 is 28.7 Å². The van der Waals surface area contributed by atoms with Crippen LogP contribution >= 0.6 is 11.8 Å². The highest BCUT2D eigenvalue weighted by molar-refractivity contribution is 7.99. The average molecular weight is 338 g/mol. The van der Waals surface area contributed by atoms with Crippen LogP contribution in [-0.2, 0) is 0 Å². The van der Waals surface area contributed by atoms with Crippen molar-refractivity contribution in [2.24, 2.45) is 0 Å². The molecule has 0 atom stereocenters. The van der Waals surface area contributed by atoms with Crippen molar-refractivity contribution in [2.45, 2.75) is 5.16 Å². The lowest BCUT2D eigenvalue weighted by Gasteiger charge is -2.08. The van der Waals surface area contributed by atoms with Crippen LogP contribution in [0.1, 0.15) is 10.4 Å². The van der Waals surface area contributed by atoms with Crippen molar-refractivity contribution in [2.75, 3.05) is 12.5 Å². The fraction of sp³-hybridized carbons (Fsp3) is 0.111. The maximum absolute atomic E-state index is 13.1. The molecule has 0 bridgehead atoms. The van der Waals surface area contributed by atoms with Gasteiger partial charge in [0.05, 0.1) is 11.0 Å². The van der Waals surface area contributed by atoms with E-state index < -0.39 is 0 Å². The summed E-state index contributed by atoms with van der Waals surface area (Å²) < 4.78 is 12.3. The molecule has 0 saturated heterocycles. The van der Waals surface area contributed by atoms with Gasteiger partial charge in [-0.05, 0) is 30.3 Å². The first kappa shape index (κ1) is 14.8. The summed E-state index contributed by atoms with van der Waals surface area (Å²) in [5, 5.41) is 0.652. The molecule has 2 heterocycles. The Kier molecular flexibility index (Phi) is 3.74. The van der Waals surface area contributed by atoms with E-state index in [1.807, 2.05) is 24.3 Å². The second-order valence-corrected chi connectivity index (χ2v) is 6.18. The van der Waals surface area contributed by atoms with Crippen LogP contribution in [0.5, 0.6) is 11.5 Å². The number of carbonyl (C=O) groups is 1. The van der Waals surface area contributed by atoms with Crippen LogP contribution in [-0.4, -0.2) is 28.0 Å². The first-order chi connectivity index (χ1) is 11.8. The Labute approximate surface area is 142 Å². The Bertz CT molecular complexity index is 949. The van der Waals surface area contributed by atoms with Crippen molar-refractivity contribution in [3.05, 3.63) is 60.7 Å². The van der Waals surface area contributed by atoms with E-state index >= 15 is 0 Å². The number of hydrogen-bond donors (Lipinski definition) is 0. The van der Waals surface area contributed by atoms with Gasteiger partial charge in [-0.1, -0.05) is 30.0 Å². The topological polar surface area (TPSA) is 53.4 Å². The van der Waals surface area contributed by atoms with Gasteiger partial charge in [0.2, 0.25) is 6.79 Å². The number of aromatic nitrogens is 2. The molecular formula is C18H14N2O3S. The summed E-state index contributed by atoms with van der Waals surface area (Å²) in [6.07, 6.45) is 1.79. The third-order valence-corrected chi connectivity index (χ3v) is 4.62. The predicted octanol–water partition coefficient (Wildman–Crippen LogP) is 3.73. The van der Waals surface area contributed by atoms with E-state index in [-0.39, 0.29) is 12.7 Å². The molecule has 0 saturated carbocycles. The number of benzene rings is 2. The first-order valence-corrected chi connectivity index (χ1v) is 8.42. The lowest BCUT2D eigenvalue weighted by molar-refractivity contribution is 0.0954. The highest BCUT2D eigenvalue weighted by Crippen LogP contribution is 2.33. The number of hydrogen-bond acceptors (Lipinski definition) is 5. The Morgan fingerprint density at radius 3 is 2.96 bits per heavy atom. The van der Waals surface area contributed by atoms with Gasteiger partial charge in [-0.15, -0.1) is 6.58 Å². The Balaban J connectivity index is 1.82. The second-order valence-electron chi connectivity index (χ2n) is 5.19. The molecule has 0 amide bonds. The molecule has 1 aliphatic rings. The molecule has 0 fully saturated rings.